The van der Waals surface area contributed by atoms with Crippen LogP contribution >= 0.6 is 0 Å². The number of pyridine rings is 2. The number of hydrogen-bond acceptors (Lipinski definition) is 14. The number of nitrogens with one attached hydrogen (secondary N) is 4. The second kappa shape index (κ2) is 40.9. The van der Waals surface area contributed by atoms with Crippen molar-refractivity contribution in [2.75, 3.05) is 110 Å². The molecule has 0 radical (unpaired) electrons. The maximum absolute atomic E-state index is 14.1. The fourth-order valence-corrected chi connectivity index (χ4v) is 19.8. The first kappa shape index (κ1) is 89.5. The highest BCUT2D eigenvalue weighted by molar-refractivity contribution is 7.91. The molecule has 16 rings (SSSR count). The molecular weight excluding hydrogens is 1540 g/mol. The molecule has 4 atom stereocenters. The lowest BCUT2D eigenvalue weighted by atomic mass is 9.68. The zero-order valence-electron chi connectivity index (χ0n) is 73.1. The van der Waals surface area contributed by atoms with Crippen LogP contribution in [0, 0.1) is 16.6 Å². The molecule has 8 aromatic rings. The van der Waals surface area contributed by atoms with Crippen molar-refractivity contribution in [3.05, 3.63) is 278 Å². The highest BCUT2D eigenvalue weighted by atomic mass is 32.2. The molecule has 2 aliphatic carbocycles. The van der Waals surface area contributed by atoms with Gasteiger partial charge in [0.15, 0.2) is 9.84 Å². The third-order valence-corrected chi connectivity index (χ3v) is 27.7. The van der Waals surface area contributed by atoms with Gasteiger partial charge in [-0.15, -0.1) is 0 Å². The number of amides is 4. The van der Waals surface area contributed by atoms with E-state index in [1.165, 1.54) is 83.2 Å². The first-order valence-corrected chi connectivity index (χ1v) is 46.6. The quantitative estimate of drug-likeness (QED) is 0.0630. The van der Waals surface area contributed by atoms with Crippen molar-refractivity contribution in [3.63, 3.8) is 0 Å². The van der Waals surface area contributed by atoms with E-state index in [2.05, 4.69) is 122 Å². The molecule has 4 amide bonds. The smallest absolute Gasteiger partial charge is 0.272 e. The van der Waals surface area contributed by atoms with Gasteiger partial charge in [0.2, 0.25) is 0 Å². The monoisotopic (exact) mass is 1670 g/mol. The lowest BCUT2D eigenvalue weighted by Crippen LogP contribution is -2.37. The number of hydrogen-bond donors (Lipinski definition) is 4. The second-order valence-electron chi connectivity index (χ2n) is 33.5. The Morgan fingerprint density at radius 2 is 0.738 bits per heavy atom. The van der Waals surface area contributed by atoms with Gasteiger partial charge >= 0.3 is 0 Å². The first-order chi connectivity index (χ1) is 59.2. The number of nitrogens with zero attached hydrogens (tertiary/aromatic N) is 6. The first-order valence-electron chi connectivity index (χ1n) is 45.0. The third-order valence-electron chi connectivity index (χ3n) is 25.9. The van der Waals surface area contributed by atoms with Gasteiger partial charge in [0.05, 0.1) is 10.6 Å². The van der Waals surface area contributed by atoms with E-state index in [1.54, 1.807) is 53.3 Å². The lowest BCUT2D eigenvalue weighted by molar-refractivity contribution is 0.0759. The fraction of sp³-hybridized carbons (Fsp3) is 0.431. The molecule has 0 bridgehead atoms. The summed E-state index contributed by atoms with van der Waals surface area (Å²) in [5.41, 5.74) is 17.6. The summed E-state index contributed by atoms with van der Waals surface area (Å²) < 4.78 is 52.2. The highest BCUT2D eigenvalue weighted by Gasteiger charge is 2.41. The molecule has 4 spiro atoms. The largest absolute Gasteiger partial charge is 0.482 e. The number of benzene rings is 6. The van der Waals surface area contributed by atoms with Crippen LogP contribution in [0.2, 0.25) is 0 Å². The van der Waals surface area contributed by atoms with Crippen LogP contribution in [-0.2, 0) is 22.7 Å². The number of aromatic nitrogens is 2. The van der Waals surface area contributed by atoms with Crippen LogP contribution in [0.25, 0.3) is 22.3 Å². The van der Waals surface area contributed by atoms with Crippen molar-refractivity contribution < 1.29 is 41.5 Å². The van der Waals surface area contributed by atoms with E-state index in [-0.39, 0.29) is 46.0 Å². The maximum atomic E-state index is 14.1. The van der Waals surface area contributed by atoms with E-state index >= 15 is 0 Å². The second-order valence-corrected chi connectivity index (χ2v) is 35.8. The van der Waals surface area contributed by atoms with Crippen LogP contribution < -0.4 is 30.7 Å². The normalized spacial score (nSPS) is 20.8. The Bertz CT molecular complexity index is 5040. The van der Waals surface area contributed by atoms with Crippen molar-refractivity contribution >= 4 is 55.8 Å². The number of fused-ring (bicyclic) bond motifs is 4. The Labute approximate surface area is 723 Å². The Morgan fingerprint density at radius 1 is 0.377 bits per heavy atom. The molecule has 4 saturated heterocycles. The minimum Gasteiger partial charge on any atom is -0.482 e. The van der Waals surface area contributed by atoms with Gasteiger partial charge in [-0.3, -0.25) is 29.1 Å². The summed E-state index contributed by atoms with van der Waals surface area (Å²) in [4.78, 5) is 67.2. The number of sulfone groups is 1. The standard InChI is InChI=1S/C27H34N2O4S.C26H32N2O.C25H31N3O.C24H28FN3O2/c1-4-29(5-2)26(30)21-10-8-20(9-11-21)24-19-27(14-7-16-28-17-15-27)33-25-13-12-22(18-23(24)25)34(31,32)6-3;1-3-28(4-2)25(29)21-12-10-20(11-13-21)24-19-26(14-7-16-27-17-15-26)18-22-8-5-6-9-23(22)24;1-3-28(4-2)24(29)23-11-10-20(18-27-23)22-17-25(12-7-14-26-15-13-25)16-19-8-5-6-9-21(19)22;1-3-28(4-2)23(29)21-8-6-17(16-27-21)20-15-24(10-5-12-26-13-11-24)30-22-9-7-18(25)14-19(20)22/h8-13,18-19,28H,4-7,14-17H2,1-3H3;5-6,8-13,19,27H,3-4,7,14-18H2,1-2H3;5-6,8-11,17-18,26H,3-4,7,12-16H2,1-2H3;6-9,14-16,26H,3-5,10-13H2,1-2H3. The summed E-state index contributed by atoms with van der Waals surface area (Å²) in [5.74, 6) is 1.20. The average Bonchev–Trinajstić information content (AvgIpc) is 0.934. The van der Waals surface area contributed by atoms with Gasteiger partial charge in [-0.1, -0.05) is 104 Å². The van der Waals surface area contributed by atoms with Crippen LogP contribution in [0.4, 0.5) is 4.39 Å². The zero-order valence-corrected chi connectivity index (χ0v) is 73.9. The minimum absolute atomic E-state index is 0.00545. The molecule has 0 saturated carbocycles. The summed E-state index contributed by atoms with van der Waals surface area (Å²) in [6.07, 6.45) is 27.9. The number of ether oxygens (including phenoxy) is 2. The summed E-state index contributed by atoms with van der Waals surface area (Å²) in [6, 6.07) is 50.9. The van der Waals surface area contributed by atoms with Gasteiger partial charge in [0, 0.05) is 111 Å². The van der Waals surface area contributed by atoms with Crippen LogP contribution in [0.3, 0.4) is 0 Å². The van der Waals surface area contributed by atoms with Crippen molar-refractivity contribution in [1.82, 2.24) is 50.8 Å². The van der Waals surface area contributed by atoms with E-state index < -0.39 is 21.0 Å². The van der Waals surface area contributed by atoms with E-state index in [4.69, 9.17) is 9.47 Å². The van der Waals surface area contributed by atoms with Gasteiger partial charge in [-0.05, 0) is 336 Å². The highest BCUT2D eigenvalue weighted by Crippen LogP contribution is 2.49. The van der Waals surface area contributed by atoms with Gasteiger partial charge in [0.25, 0.3) is 23.6 Å². The van der Waals surface area contributed by atoms with E-state index in [0.717, 1.165) is 168 Å². The van der Waals surface area contributed by atoms with E-state index in [0.29, 0.717) is 72.6 Å². The maximum Gasteiger partial charge on any atom is 0.272 e. The minimum atomic E-state index is -3.35. The summed E-state index contributed by atoms with van der Waals surface area (Å²) in [5, 5.41) is 14.0. The third kappa shape index (κ3) is 20.7. The molecular formula is C102H125FN10O8S. The van der Waals surface area contributed by atoms with Gasteiger partial charge in [0.1, 0.15) is 39.9 Å². The van der Waals surface area contributed by atoms with Crippen LogP contribution in [0.1, 0.15) is 237 Å². The SMILES string of the molecule is CCN(CC)C(=O)c1ccc(C2=CC3(CCCNCC3)Cc3ccccc32)cc1.CCN(CC)C(=O)c1ccc(C2=CC3(CCCNCC3)Cc3ccccc32)cn1.CCN(CC)C(=O)c1ccc(C2=CC3(CCCNCC3)Oc3ccc(F)cc32)cn1.CCN(CC)C(=O)c1ccc(C2=CC3(CCCNCC3)Oc3ccc(S(=O)(=O)CC)cc32)cc1. The average molecular weight is 1670 g/mol. The topological polar surface area (TPSA) is 208 Å². The Morgan fingerprint density at radius 3 is 1.15 bits per heavy atom. The molecule has 4 N–H and O–H groups in total. The zero-order chi connectivity index (χ0) is 86.0. The Balaban J connectivity index is 0.000000140. The molecule has 2 aromatic heterocycles. The molecule has 644 valence electrons. The molecule has 8 heterocycles. The molecule has 8 aliphatic rings. The number of carbonyl (C=O) groups excluding carboxylic acids is 4. The lowest BCUT2D eigenvalue weighted by Gasteiger charge is -2.36. The van der Waals surface area contributed by atoms with Gasteiger partial charge in [-0.2, -0.15) is 0 Å². The van der Waals surface area contributed by atoms with Gasteiger partial charge < -0.3 is 50.3 Å². The number of allylic oxidation sites excluding steroid dienone is 2. The Kier molecular flexibility index (Phi) is 30.0. The van der Waals surface area contributed by atoms with E-state index in [9.17, 15) is 32.0 Å². The summed E-state index contributed by atoms with van der Waals surface area (Å²) >= 11 is 0. The predicted octanol–water partition coefficient (Wildman–Crippen LogP) is 17.6. The molecule has 4 fully saturated rings. The van der Waals surface area contributed by atoms with Crippen molar-refractivity contribution in [2.45, 2.75) is 168 Å². The summed E-state index contributed by atoms with van der Waals surface area (Å²) in [6.45, 7) is 31.1. The van der Waals surface area contributed by atoms with Crippen LogP contribution in [0.5, 0.6) is 11.5 Å². The van der Waals surface area contributed by atoms with Gasteiger partial charge in [-0.25, -0.2) is 12.8 Å². The molecule has 18 nitrogen and oxygen atoms in total. The predicted molar refractivity (Wildman–Crippen MR) is 488 cm³/mol. The van der Waals surface area contributed by atoms with Crippen molar-refractivity contribution in [1.29, 1.82) is 0 Å². The molecule has 6 aliphatic heterocycles. The van der Waals surface area contributed by atoms with Crippen molar-refractivity contribution in [2.24, 2.45) is 10.8 Å². The van der Waals surface area contributed by atoms with Crippen LogP contribution in [0.15, 0.2) is 199 Å². The fourth-order valence-electron chi connectivity index (χ4n) is 18.8. The summed E-state index contributed by atoms with van der Waals surface area (Å²) in [7, 11) is -3.35. The molecule has 122 heavy (non-hydrogen) atoms. The van der Waals surface area contributed by atoms with Crippen LogP contribution in [-0.4, -0.2) is 183 Å². The molecule has 20 heteroatoms. The number of halogens is 1. The number of rotatable bonds is 18. The number of carbonyl (C=O) groups is 4. The Hall–Kier alpha value is -10.2. The molecule has 4 unspecified atom stereocenters. The van der Waals surface area contributed by atoms with E-state index in [1.807, 2.05) is 120 Å². The molecule has 6 aromatic carbocycles. The van der Waals surface area contributed by atoms with Crippen molar-refractivity contribution in [3.8, 4) is 11.5 Å².